The number of aromatic nitrogens is 1. The van der Waals surface area contributed by atoms with E-state index in [2.05, 4.69) is 4.98 Å². The Morgan fingerprint density at radius 1 is 1.22 bits per heavy atom. The van der Waals surface area contributed by atoms with Crippen LogP contribution in [0.15, 0.2) is 24.4 Å². The SMILES string of the molecule is CO[Si](COC(=O)Cc1ccccn1)(OC)OC. The van der Waals surface area contributed by atoms with Gasteiger partial charge in [-0.25, -0.2) is 0 Å². The molecule has 0 spiro atoms. The molecule has 0 radical (unpaired) electrons. The van der Waals surface area contributed by atoms with Gasteiger partial charge in [-0.15, -0.1) is 0 Å². The van der Waals surface area contributed by atoms with Gasteiger partial charge < -0.3 is 18.0 Å². The van der Waals surface area contributed by atoms with Crippen molar-refractivity contribution in [2.45, 2.75) is 6.42 Å². The molecule has 1 aromatic heterocycles. The minimum atomic E-state index is -2.86. The first-order chi connectivity index (χ1) is 8.65. The second-order valence-corrected chi connectivity index (χ2v) is 6.33. The van der Waals surface area contributed by atoms with Crippen LogP contribution in [0.1, 0.15) is 5.69 Å². The van der Waals surface area contributed by atoms with E-state index < -0.39 is 14.8 Å². The molecule has 0 atom stereocenters. The lowest BCUT2D eigenvalue weighted by Gasteiger charge is -2.23. The second kappa shape index (κ2) is 7.22. The van der Waals surface area contributed by atoms with Gasteiger partial charge in [-0.2, -0.15) is 0 Å². The second-order valence-electron chi connectivity index (χ2n) is 3.45. The van der Waals surface area contributed by atoms with Gasteiger partial charge in [-0.1, -0.05) is 6.07 Å². The predicted octanol–water partition coefficient (Wildman–Crippen LogP) is 0.585. The molecule has 7 heteroatoms. The molecule has 100 valence electrons. The first kappa shape index (κ1) is 14.8. The van der Waals surface area contributed by atoms with Crippen LogP contribution in [-0.2, 0) is 29.2 Å². The summed E-state index contributed by atoms with van der Waals surface area (Å²) in [4.78, 5) is 15.6. The Balaban J connectivity index is 2.46. The number of carbonyl (C=O) groups is 1. The molecule has 0 amide bonds. The molecule has 0 saturated carbocycles. The van der Waals surface area contributed by atoms with Gasteiger partial charge in [0.25, 0.3) is 0 Å². The highest BCUT2D eigenvalue weighted by molar-refractivity contribution is 6.60. The zero-order chi connectivity index (χ0) is 13.4. The van der Waals surface area contributed by atoms with Gasteiger partial charge in [0, 0.05) is 27.5 Å². The lowest BCUT2D eigenvalue weighted by molar-refractivity contribution is -0.142. The third-order valence-electron chi connectivity index (χ3n) is 2.39. The van der Waals surface area contributed by atoms with Crippen molar-refractivity contribution in [2.24, 2.45) is 0 Å². The molecule has 0 aliphatic rings. The lowest BCUT2D eigenvalue weighted by Crippen LogP contribution is -2.48. The van der Waals surface area contributed by atoms with Crippen LogP contribution in [0.3, 0.4) is 0 Å². The topological polar surface area (TPSA) is 66.9 Å². The average Bonchev–Trinajstić information content (AvgIpc) is 2.42. The van der Waals surface area contributed by atoms with Gasteiger partial charge in [-0.05, 0) is 12.1 Å². The fourth-order valence-electron chi connectivity index (χ4n) is 1.30. The summed E-state index contributed by atoms with van der Waals surface area (Å²) in [6.07, 6.45) is 1.73. The molecule has 0 unspecified atom stereocenters. The number of rotatable bonds is 7. The van der Waals surface area contributed by atoms with E-state index in [9.17, 15) is 4.79 Å². The van der Waals surface area contributed by atoms with E-state index in [1.165, 1.54) is 21.3 Å². The largest absolute Gasteiger partial charge is 0.539 e. The molecule has 0 N–H and O–H groups in total. The summed E-state index contributed by atoms with van der Waals surface area (Å²) in [5, 5.41) is 0. The van der Waals surface area contributed by atoms with Gasteiger partial charge in [-0.3, -0.25) is 9.78 Å². The molecule has 1 heterocycles. The van der Waals surface area contributed by atoms with E-state index >= 15 is 0 Å². The zero-order valence-electron chi connectivity index (χ0n) is 10.7. The number of pyridine rings is 1. The van der Waals surface area contributed by atoms with E-state index in [-0.39, 0.29) is 12.7 Å². The number of esters is 1. The van der Waals surface area contributed by atoms with E-state index in [0.717, 1.165) is 0 Å². The Bertz CT molecular complexity index is 361. The van der Waals surface area contributed by atoms with Gasteiger partial charge in [0.2, 0.25) is 0 Å². The van der Waals surface area contributed by atoms with Crippen LogP contribution in [0.2, 0.25) is 0 Å². The summed E-state index contributed by atoms with van der Waals surface area (Å²) in [6.45, 7) is 0. The highest BCUT2D eigenvalue weighted by atomic mass is 28.4. The molecule has 0 bridgehead atoms. The number of nitrogens with zero attached hydrogens (tertiary/aromatic N) is 1. The maximum atomic E-state index is 11.6. The molecular weight excluding hydrogens is 254 g/mol. The molecule has 0 aromatic carbocycles. The van der Waals surface area contributed by atoms with Gasteiger partial charge in [0.15, 0.2) is 6.23 Å². The van der Waals surface area contributed by atoms with Crippen LogP contribution in [0, 0.1) is 0 Å². The molecular formula is C11H17NO5Si. The van der Waals surface area contributed by atoms with Crippen LogP contribution in [-0.4, -0.2) is 47.3 Å². The fourth-order valence-corrected chi connectivity index (χ4v) is 2.49. The summed E-state index contributed by atoms with van der Waals surface area (Å²) in [7, 11) is 1.53. The Hall–Kier alpha value is -1.28. The van der Waals surface area contributed by atoms with E-state index in [4.69, 9.17) is 18.0 Å². The van der Waals surface area contributed by atoms with Crippen LogP contribution < -0.4 is 0 Å². The molecule has 0 saturated heterocycles. The van der Waals surface area contributed by atoms with Gasteiger partial charge in [0.05, 0.1) is 12.1 Å². The summed E-state index contributed by atoms with van der Waals surface area (Å²) in [5.74, 6) is -0.392. The highest BCUT2D eigenvalue weighted by Crippen LogP contribution is 2.07. The molecule has 0 aliphatic carbocycles. The van der Waals surface area contributed by atoms with Crippen molar-refractivity contribution in [3.05, 3.63) is 30.1 Å². The third-order valence-corrected chi connectivity index (χ3v) is 4.76. The summed E-state index contributed by atoms with van der Waals surface area (Å²) in [5.41, 5.74) is 0.655. The van der Waals surface area contributed by atoms with Crippen molar-refractivity contribution < 1.29 is 22.8 Å². The van der Waals surface area contributed by atoms with Crippen molar-refractivity contribution in [3.8, 4) is 0 Å². The van der Waals surface area contributed by atoms with E-state index in [1.807, 2.05) is 6.07 Å². The third kappa shape index (κ3) is 4.19. The maximum Gasteiger partial charge on any atom is 0.539 e. The minimum Gasteiger partial charge on any atom is -0.461 e. The van der Waals surface area contributed by atoms with Crippen molar-refractivity contribution >= 4 is 14.8 Å². The monoisotopic (exact) mass is 271 g/mol. The highest BCUT2D eigenvalue weighted by Gasteiger charge is 2.40. The molecule has 1 aromatic rings. The fraction of sp³-hybridized carbons (Fsp3) is 0.455. The van der Waals surface area contributed by atoms with Crippen molar-refractivity contribution in [3.63, 3.8) is 0 Å². The first-order valence-corrected chi connectivity index (χ1v) is 7.30. The minimum absolute atomic E-state index is 0.0117. The zero-order valence-corrected chi connectivity index (χ0v) is 11.7. The Labute approximate surface area is 107 Å². The van der Waals surface area contributed by atoms with Crippen molar-refractivity contribution in [2.75, 3.05) is 27.6 Å². The smallest absolute Gasteiger partial charge is 0.461 e. The normalized spacial score (nSPS) is 11.3. The number of hydrogen-bond acceptors (Lipinski definition) is 6. The maximum absolute atomic E-state index is 11.6. The number of hydrogen-bond donors (Lipinski definition) is 0. The first-order valence-electron chi connectivity index (χ1n) is 5.37. The van der Waals surface area contributed by atoms with E-state index in [0.29, 0.717) is 5.69 Å². The quantitative estimate of drug-likeness (QED) is 0.534. The Kier molecular flexibility index (Phi) is 5.93. The summed E-state index contributed by atoms with van der Waals surface area (Å²) in [6, 6.07) is 5.36. The molecule has 0 fully saturated rings. The molecule has 1 rings (SSSR count). The lowest BCUT2D eigenvalue weighted by atomic mass is 10.3. The number of ether oxygens (including phenoxy) is 1. The van der Waals surface area contributed by atoms with Crippen LogP contribution in [0.4, 0.5) is 0 Å². The van der Waals surface area contributed by atoms with Crippen molar-refractivity contribution in [1.29, 1.82) is 0 Å². The summed E-state index contributed by atoms with van der Waals surface area (Å²) >= 11 is 0. The van der Waals surface area contributed by atoms with Crippen molar-refractivity contribution in [1.82, 2.24) is 4.98 Å². The predicted molar refractivity (Wildman–Crippen MR) is 65.7 cm³/mol. The van der Waals surface area contributed by atoms with Gasteiger partial charge >= 0.3 is 14.8 Å². The Morgan fingerprint density at radius 2 is 1.89 bits per heavy atom. The summed E-state index contributed by atoms with van der Waals surface area (Å²) < 4.78 is 20.5. The molecule has 18 heavy (non-hydrogen) atoms. The van der Waals surface area contributed by atoms with Crippen LogP contribution >= 0.6 is 0 Å². The van der Waals surface area contributed by atoms with Crippen LogP contribution in [0.25, 0.3) is 0 Å². The Morgan fingerprint density at radius 3 is 2.39 bits per heavy atom. The van der Waals surface area contributed by atoms with Gasteiger partial charge in [0.1, 0.15) is 0 Å². The average molecular weight is 271 g/mol. The number of carbonyl (C=O) groups excluding carboxylic acids is 1. The standard InChI is InChI=1S/C11H17NO5Si/c1-14-18(15-2,16-3)9-17-11(13)8-10-6-4-5-7-12-10/h4-7H,8-9H2,1-3H3. The molecule has 6 nitrogen and oxygen atoms in total. The molecule has 0 aliphatic heterocycles. The van der Waals surface area contributed by atoms with Crippen LogP contribution in [0.5, 0.6) is 0 Å². The van der Waals surface area contributed by atoms with E-state index in [1.54, 1.807) is 18.3 Å².